The van der Waals surface area contributed by atoms with Crippen LogP contribution in [0.25, 0.3) is 16.8 Å². The summed E-state index contributed by atoms with van der Waals surface area (Å²) < 4.78 is 26.2. The van der Waals surface area contributed by atoms with Crippen molar-refractivity contribution < 1.29 is 8.42 Å². The largest absolute Gasteiger partial charge is 0.236 e. The standard InChI is InChI=1S/C20H19NO2S/c1-21(24(22,23)14-13-17-7-3-2-4-8-17)16-18-11-12-19-9-5-6-10-20(19)15-18/h2-15H,16H2,1H3/b14-13+. The third-order valence-electron chi connectivity index (χ3n) is 3.89. The fraction of sp³-hybridized carbons (Fsp3) is 0.100. The van der Waals surface area contributed by atoms with E-state index < -0.39 is 10.0 Å². The molecule has 0 spiro atoms. The van der Waals surface area contributed by atoms with Crippen molar-refractivity contribution in [3.63, 3.8) is 0 Å². The molecule has 3 aromatic carbocycles. The molecule has 0 saturated heterocycles. The summed E-state index contributed by atoms with van der Waals surface area (Å²) in [6.45, 7) is 0.340. The van der Waals surface area contributed by atoms with E-state index in [4.69, 9.17) is 0 Å². The molecule has 0 aliphatic rings. The molecule has 0 saturated carbocycles. The number of benzene rings is 3. The molecule has 0 aliphatic carbocycles. The minimum Gasteiger partial charge on any atom is -0.208 e. The van der Waals surface area contributed by atoms with E-state index in [9.17, 15) is 8.42 Å². The summed E-state index contributed by atoms with van der Waals surface area (Å²) in [5.41, 5.74) is 1.83. The van der Waals surface area contributed by atoms with Gasteiger partial charge in [0.25, 0.3) is 0 Å². The van der Waals surface area contributed by atoms with Gasteiger partial charge in [-0.1, -0.05) is 66.7 Å². The lowest BCUT2D eigenvalue weighted by atomic mass is 10.1. The van der Waals surface area contributed by atoms with Gasteiger partial charge in [-0.25, -0.2) is 8.42 Å². The third-order valence-corrected chi connectivity index (χ3v) is 5.36. The van der Waals surface area contributed by atoms with Crippen LogP contribution in [0, 0.1) is 0 Å². The van der Waals surface area contributed by atoms with Gasteiger partial charge in [0.2, 0.25) is 10.0 Å². The van der Waals surface area contributed by atoms with Crippen LogP contribution in [0.1, 0.15) is 11.1 Å². The zero-order chi connectivity index (χ0) is 17.0. The van der Waals surface area contributed by atoms with Crippen LogP contribution in [0.4, 0.5) is 0 Å². The molecule has 24 heavy (non-hydrogen) atoms. The SMILES string of the molecule is CN(Cc1ccc2ccccc2c1)S(=O)(=O)/C=C/c1ccccc1. The van der Waals surface area contributed by atoms with Crippen LogP contribution in [0.2, 0.25) is 0 Å². The van der Waals surface area contributed by atoms with Gasteiger partial charge in [0, 0.05) is 19.0 Å². The monoisotopic (exact) mass is 337 g/mol. The molecule has 0 fully saturated rings. The van der Waals surface area contributed by atoms with Crippen molar-refractivity contribution in [1.29, 1.82) is 0 Å². The number of sulfonamides is 1. The number of hydrogen-bond acceptors (Lipinski definition) is 2. The van der Waals surface area contributed by atoms with Gasteiger partial charge in [0.15, 0.2) is 0 Å². The molecule has 0 unspecified atom stereocenters. The van der Waals surface area contributed by atoms with Crippen molar-refractivity contribution >= 4 is 26.9 Å². The first-order valence-corrected chi connectivity index (χ1v) is 9.22. The number of hydrogen-bond donors (Lipinski definition) is 0. The molecular weight excluding hydrogens is 318 g/mol. The fourth-order valence-electron chi connectivity index (χ4n) is 2.52. The summed E-state index contributed by atoms with van der Waals surface area (Å²) in [4.78, 5) is 0. The highest BCUT2D eigenvalue weighted by Gasteiger charge is 2.14. The van der Waals surface area contributed by atoms with Gasteiger partial charge in [0.1, 0.15) is 0 Å². The average molecular weight is 337 g/mol. The molecule has 0 heterocycles. The van der Waals surface area contributed by atoms with E-state index in [0.717, 1.165) is 21.9 Å². The molecule has 0 aliphatic heterocycles. The summed E-state index contributed by atoms with van der Waals surface area (Å²) in [7, 11) is -1.86. The van der Waals surface area contributed by atoms with E-state index in [1.54, 1.807) is 13.1 Å². The molecule has 3 aromatic rings. The van der Waals surface area contributed by atoms with Gasteiger partial charge in [0.05, 0.1) is 0 Å². The second-order valence-electron chi connectivity index (χ2n) is 5.70. The molecule has 0 radical (unpaired) electrons. The number of rotatable bonds is 5. The summed E-state index contributed by atoms with van der Waals surface area (Å²) in [5.74, 6) is 0. The van der Waals surface area contributed by atoms with Crippen LogP contribution in [0.3, 0.4) is 0 Å². The maximum atomic E-state index is 12.4. The first kappa shape index (κ1) is 16.4. The minimum atomic E-state index is -3.46. The Morgan fingerprint density at radius 1 is 0.875 bits per heavy atom. The van der Waals surface area contributed by atoms with Crippen molar-refractivity contribution in [1.82, 2.24) is 4.31 Å². The first-order valence-electron chi connectivity index (χ1n) is 7.72. The lowest BCUT2D eigenvalue weighted by Gasteiger charge is -2.15. The maximum absolute atomic E-state index is 12.4. The van der Waals surface area contributed by atoms with E-state index in [1.165, 1.54) is 9.71 Å². The average Bonchev–Trinajstić information content (AvgIpc) is 2.61. The van der Waals surface area contributed by atoms with Gasteiger partial charge in [-0.3, -0.25) is 0 Å². The Kier molecular flexibility index (Phi) is 4.79. The van der Waals surface area contributed by atoms with E-state index in [0.29, 0.717) is 6.54 Å². The normalized spacial score (nSPS) is 12.2. The van der Waals surface area contributed by atoms with Gasteiger partial charge in [-0.2, -0.15) is 4.31 Å². The quantitative estimate of drug-likeness (QED) is 0.697. The van der Waals surface area contributed by atoms with Gasteiger partial charge in [-0.15, -0.1) is 0 Å². The minimum absolute atomic E-state index is 0.340. The lowest BCUT2D eigenvalue weighted by Crippen LogP contribution is -2.24. The van der Waals surface area contributed by atoms with E-state index in [1.807, 2.05) is 72.8 Å². The smallest absolute Gasteiger partial charge is 0.208 e. The molecule has 0 atom stereocenters. The van der Waals surface area contributed by atoms with Gasteiger partial charge >= 0.3 is 0 Å². The van der Waals surface area contributed by atoms with Crippen LogP contribution in [-0.2, 0) is 16.6 Å². The predicted octanol–water partition coefficient (Wildman–Crippen LogP) is 4.27. The van der Waals surface area contributed by atoms with Crippen LogP contribution in [0.5, 0.6) is 0 Å². The summed E-state index contributed by atoms with van der Waals surface area (Å²) in [6, 6.07) is 23.5. The summed E-state index contributed by atoms with van der Waals surface area (Å²) in [6.07, 6.45) is 1.62. The first-order chi connectivity index (χ1) is 11.5. The highest BCUT2D eigenvalue weighted by atomic mass is 32.2. The Morgan fingerprint density at radius 2 is 1.54 bits per heavy atom. The Morgan fingerprint density at radius 3 is 2.29 bits per heavy atom. The maximum Gasteiger partial charge on any atom is 0.236 e. The molecule has 3 rings (SSSR count). The molecular formula is C20H19NO2S. The zero-order valence-corrected chi connectivity index (χ0v) is 14.3. The summed E-state index contributed by atoms with van der Waals surface area (Å²) in [5, 5.41) is 3.51. The topological polar surface area (TPSA) is 37.4 Å². The van der Waals surface area contributed by atoms with Crippen molar-refractivity contribution in [3.05, 3.63) is 89.3 Å². The van der Waals surface area contributed by atoms with E-state index in [-0.39, 0.29) is 0 Å². The number of nitrogens with zero attached hydrogens (tertiary/aromatic N) is 1. The summed E-state index contributed by atoms with van der Waals surface area (Å²) >= 11 is 0. The molecule has 0 bridgehead atoms. The fourth-order valence-corrected chi connectivity index (χ4v) is 3.38. The van der Waals surface area contributed by atoms with Crippen molar-refractivity contribution in [3.8, 4) is 0 Å². The van der Waals surface area contributed by atoms with Crippen molar-refractivity contribution in [2.24, 2.45) is 0 Å². The highest BCUT2D eigenvalue weighted by Crippen LogP contribution is 2.18. The Hall–Kier alpha value is -2.43. The molecule has 4 heteroatoms. The molecule has 122 valence electrons. The van der Waals surface area contributed by atoms with Gasteiger partial charge in [-0.05, 0) is 34.0 Å². The highest BCUT2D eigenvalue weighted by molar-refractivity contribution is 7.92. The lowest BCUT2D eigenvalue weighted by molar-refractivity contribution is 0.475. The van der Waals surface area contributed by atoms with Crippen molar-refractivity contribution in [2.45, 2.75) is 6.54 Å². The van der Waals surface area contributed by atoms with E-state index >= 15 is 0 Å². The third kappa shape index (κ3) is 3.91. The zero-order valence-electron chi connectivity index (χ0n) is 13.5. The Balaban J connectivity index is 1.77. The Bertz CT molecular complexity index is 963. The van der Waals surface area contributed by atoms with Gasteiger partial charge < -0.3 is 0 Å². The predicted molar refractivity (Wildman–Crippen MR) is 99.8 cm³/mol. The van der Waals surface area contributed by atoms with Crippen LogP contribution >= 0.6 is 0 Å². The molecule has 3 nitrogen and oxygen atoms in total. The molecule has 0 N–H and O–H groups in total. The number of fused-ring (bicyclic) bond motifs is 1. The molecule has 0 aromatic heterocycles. The van der Waals surface area contributed by atoms with Crippen LogP contribution in [0.15, 0.2) is 78.2 Å². The van der Waals surface area contributed by atoms with Crippen molar-refractivity contribution in [2.75, 3.05) is 7.05 Å². The molecule has 0 amide bonds. The second-order valence-corrected chi connectivity index (χ2v) is 7.62. The van der Waals surface area contributed by atoms with E-state index in [2.05, 4.69) is 0 Å². The second kappa shape index (κ2) is 6.99. The Labute approximate surface area is 142 Å². The van der Waals surface area contributed by atoms with Crippen LogP contribution < -0.4 is 0 Å². The van der Waals surface area contributed by atoms with Crippen LogP contribution in [-0.4, -0.2) is 19.8 Å².